The predicted octanol–water partition coefficient (Wildman–Crippen LogP) is 2.03. The lowest BCUT2D eigenvalue weighted by molar-refractivity contribution is -0.00543. The number of ether oxygens (including phenoxy) is 2. The van der Waals surface area contributed by atoms with Crippen LogP contribution in [0, 0.1) is 0 Å². The van der Waals surface area contributed by atoms with Crippen molar-refractivity contribution in [2.24, 2.45) is 0 Å². The third kappa shape index (κ3) is 5.53. The van der Waals surface area contributed by atoms with Crippen molar-refractivity contribution in [1.29, 1.82) is 0 Å². The Morgan fingerprint density at radius 3 is 2.50 bits per heavy atom. The lowest BCUT2D eigenvalue weighted by Crippen LogP contribution is -2.32. The predicted molar refractivity (Wildman–Crippen MR) is 65.9 cm³/mol. The van der Waals surface area contributed by atoms with Gasteiger partial charge in [0.15, 0.2) is 0 Å². The molecule has 0 saturated carbocycles. The standard InChI is InChI=1S/C13H19F2NO2/c1-17-9-10-18-8-7-16-11-13(14,15)12-5-3-2-4-6-12/h2-6,16H,7-11H2,1H3. The number of nitrogens with one attached hydrogen (secondary N) is 1. The van der Waals surface area contributed by atoms with Crippen molar-refractivity contribution in [3.05, 3.63) is 35.9 Å². The maximum Gasteiger partial charge on any atom is 0.285 e. The van der Waals surface area contributed by atoms with Gasteiger partial charge >= 0.3 is 0 Å². The second-order valence-corrected chi connectivity index (χ2v) is 3.85. The Labute approximate surface area is 106 Å². The van der Waals surface area contributed by atoms with Gasteiger partial charge in [0.05, 0.1) is 26.4 Å². The smallest absolute Gasteiger partial charge is 0.285 e. The van der Waals surface area contributed by atoms with Gasteiger partial charge in [0, 0.05) is 19.2 Å². The molecule has 0 atom stereocenters. The van der Waals surface area contributed by atoms with Gasteiger partial charge in [-0.1, -0.05) is 30.3 Å². The highest BCUT2D eigenvalue weighted by Gasteiger charge is 2.30. The number of methoxy groups -OCH3 is 1. The minimum absolute atomic E-state index is 0.0257. The molecule has 3 nitrogen and oxygen atoms in total. The molecule has 0 radical (unpaired) electrons. The molecule has 0 amide bonds. The van der Waals surface area contributed by atoms with Crippen LogP contribution in [0.1, 0.15) is 5.56 Å². The second-order valence-electron chi connectivity index (χ2n) is 3.85. The van der Waals surface area contributed by atoms with E-state index in [1.807, 2.05) is 0 Å². The van der Waals surface area contributed by atoms with Crippen LogP contribution in [0.3, 0.4) is 0 Å². The Morgan fingerprint density at radius 2 is 1.83 bits per heavy atom. The Morgan fingerprint density at radius 1 is 1.11 bits per heavy atom. The van der Waals surface area contributed by atoms with Crippen molar-refractivity contribution < 1.29 is 18.3 Å². The minimum Gasteiger partial charge on any atom is -0.382 e. The van der Waals surface area contributed by atoms with Gasteiger partial charge in [-0.05, 0) is 0 Å². The maximum absolute atomic E-state index is 13.7. The molecule has 0 aromatic heterocycles. The van der Waals surface area contributed by atoms with E-state index < -0.39 is 5.92 Å². The summed E-state index contributed by atoms with van der Waals surface area (Å²) in [5.74, 6) is -2.85. The van der Waals surface area contributed by atoms with Crippen molar-refractivity contribution >= 4 is 0 Å². The summed E-state index contributed by atoms with van der Waals surface area (Å²) < 4.78 is 37.3. The number of halogens is 2. The van der Waals surface area contributed by atoms with Gasteiger partial charge in [0.2, 0.25) is 0 Å². The summed E-state index contributed by atoms with van der Waals surface area (Å²) in [6, 6.07) is 7.79. The van der Waals surface area contributed by atoms with Gasteiger partial charge < -0.3 is 14.8 Å². The van der Waals surface area contributed by atoms with Gasteiger partial charge in [-0.3, -0.25) is 0 Å². The molecule has 1 N–H and O–H groups in total. The van der Waals surface area contributed by atoms with Gasteiger partial charge in [0.25, 0.3) is 5.92 Å². The zero-order chi connectivity index (χ0) is 13.3. The van der Waals surface area contributed by atoms with Crippen LogP contribution in [-0.2, 0) is 15.4 Å². The summed E-state index contributed by atoms with van der Waals surface area (Å²) in [6.45, 7) is 1.40. The van der Waals surface area contributed by atoms with E-state index in [0.29, 0.717) is 26.4 Å². The van der Waals surface area contributed by atoms with Crippen LogP contribution < -0.4 is 5.32 Å². The van der Waals surface area contributed by atoms with Crippen LogP contribution >= 0.6 is 0 Å². The quantitative estimate of drug-likeness (QED) is 0.688. The molecular formula is C13H19F2NO2. The van der Waals surface area contributed by atoms with Crippen molar-refractivity contribution in [1.82, 2.24) is 5.32 Å². The normalized spacial score (nSPS) is 11.7. The highest BCUT2D eigenvalue weighted by atomic mass is 19.3. The summed E-state index contributed by atoms with van der Waals surface area (Å²) in [4.78, 5) is 0. The SMILES string of the molecule is COCCOCCNCC(F)(F)c1ccccc1. The summed E-state index contributed by atoms with van der Waals surface area (Å²) in [6.07, 6.45) is 0. The minimum atomic E-state index is -2.85. The van der Waals surface area contributed by atoms with E-state index >= 15 is 0 Å². The van der Waals surface area contributed by atoms with E-state index in [9.17, 15) is 8.78 Å². The first-order valence-corrected chi connectivity index (χ1v) is 5.87. The Hall–Kier alpha value is -1.04. The average molecular weight is 259 g/mol. The third-order valence-electron chi connectivity index (χ3n) is 2.40. The fourth-order valence-electron chi connectivity index (χ4n) is 1.42. The molecular weight excluding hydrogens is 240 g/mol. The molecule has 0 unspecified atom stereocenters. The summed E-state index contributed by atoms with van der Waals surface area (Å²) in [7, 11) is 1.59. The van der Waals surface area contributed by atoms with Crippen molar-refractivity contribution in [3.63, 3.8) is 0 Å². The van der Waals surface area contributed by atoms with Crippen LogP contribution in [0.15, 0.2) is 30.3 Å². The van der Waals surface area contributed by atoms with Crippen LogP contribution in [0.25, 0.3) is 0 Å². The molecule has 0 aliphatic heterocycles. The largest absolute Gasteiger partial charge is 0.382 e. The molecule has 0 heterocycles. The van der Waals surface area contributed by atoms with E-state index in [2.05, 4.69) is 5.32 Å². The third-order valence-corrected chi connectivity index (χ3v) is 2.40. The van der Waals surface area contributed by atoms with Crippen LogP contribution in [-0.4, -0.2) is 40.0 Å². The zero-order valence-electron chi connectivity index (χ0n) is 10.5. The van der Waals surface area contributed by atoms with Gasteiger partial charge in [-0.2, -0.15) is 8.78 Å². The molecule has 0 aliphatic rings. The lowest BCUT2D eigenvalue weighted by Gasteiger charge is -2.17. The lowest BCUT2D eigenvalue weighted by atomic mass is 10.1. The summed E-state index contributed by atoms with van der Waals surface area (Å²) >= 11 is 0. The topological polar surface area (TPSA) is 30.5 Å². The molecule has 0 saturated heterocycles. The molecule has 1 aromatic carbocycles. The van der Waals surface area contributed by atoms with Crippen LogP contribution in [0.5, 0.6) is 0 Å². The molecule has 5 heteroatoms. The monoisotopic (exact) mass is 259 g/mol. The van der Waals surface area contributed by atoms with Gasteiger partial charge in [-0.25, -0.2) is 0 Å². The molecule has 1 aromatic rings. The number of hydrogen-bond donors (Lipinski definition) is 1. The number of hydrogen-bond acceptors (Lipinski definition) is 3. The highest BCUT2D eigenvalue weighted by Crippen LogP contribution is 2.26. The van der Waals surface area contributed by atoms with E-state index in [0.717, 1.165) is 0 Å². The van der Waals surface area contributed by atoms with E-state index in [-0.39, 0.29) is 12.1 Å². The summed E-state index contributed by atoms with van der Waals surface area (Å²) in [5, 5.41) is 2.69. The first kappa shape index (κ1) is 15.0. The fourth-order valence-corrected chi connectivity index (χ4v) is 1.42. The number of benzene rings is 1. The van der Waals surface area contributed by atoms with Crippen molar-refractivity contribution in [3.8, 4) is 0 Å². The van der Waals surface area contributed by atoms with Crippen LogP contribution in [0.4, 0.5) is 8.78 Å². The molecule has 0 bridgehead atoms. The first-order valence-electron chi connectivity index (χ1n) is 5.87. The van der Waals surface area contributed by atoms with E-state index in [1.165, 1.54) is 12.1 Å². The highest BCUT2D eigenvalue weighted by molar-refractivity contribution is 5.20. The van der Waals surface area contributed by atoms with Gasteiger partial charge in [-0.15, -0.1) is 0 Å². The zero-order valence-corrected chi connectivity index (χ0v) is 10.5. The molecule has 102 valence electrons. The molecule has 0 aliphatic carbocycles. The Kier molecular flexibility index (Phi) is 6.78. The summed E-state index contributed by atoms with van der Waals surface area (Å²) in [5.41, 5.74) is 0.0257. The first-order chi connectivity index (χ1) is 8.67. The van der Waals surface area contributed by atoms with E-state index in [4.69, 9.17) is 9.47 Å². The van der Waals surface area contributed by atoms with E-state index in [1.54, 1.807) is 25.3 Å². The molecule has 1 rings (SSSR count). The Balaban J connectivity index is 2.18. The fraction of sp³-hybridized carbons (Fsp3) is 0.538. The number of alkyl halides is 2. The van der Waals surface area contributed by atoms with Gasteiger partial charge in [0.1, 0.15) is 0 Å². The molecule has 0 fully saturated rings. The maximum atomic E-state index is 13.7. The average Bonchev–Trinajstić information content (AvgIpc) is 2.39. The van der Waals surface area contributed by atoms with Crippen LogP contribution in [0.2, 0.25) is 0 Å². The number of rotatable bonds is 9. The Bertz CT molecular complexity index is 320. The second kappa shape index (κ2) is 8.13. The van der Waals surface area contributed by atoms with Crippen molar-refractivity contribution in [2.45, 2.75) is 5.92 Å². The molecule has 0 spiro atoms. The molecule has 18 heavy (non-hydrogen) atoms. The van der Waals surface area contributed by atoms with Crippen molar-refractivity contribution in [2.75, 3.05) is 40.0 Å².